The minimum Gasteiger partial charge on any atom is -0.493 e. The Bertz CT molecular complexity index is 541. The molecule has 2 aromatic heterocycles. The molecule has 5 heteroatoms. The van der Waals surface area contributed by atoms with E-state index in [0.717, 1.165) is 0 Å². The van der Waals surface area contributed by atoms with Crippen molar-refractivity contribution in [3.63, 3.8) is 0 Å². The topological polar surface area (TPSA) is 61.7 Å². The molecule has 0 aliphatic rings. The van der Waals surface area contributed by atoms with E-state index in [1.165, 1.54) is 0 Å². The predicted octanol–water partition coefficient (Wildman–Crippen LogP) is 2.49. The van der Waals surface area contributed by atoms with Gasteiger partial charge in [-0.2, -0.15) is 5.26 Å². The van der Waals surface area contributed by atoms with Gasteiger partial charge in [0.15, 0.2) is 0 Å². The summed E-state index contributed by atoms with van der Waals surface area (Å²) in [6, 6.07) is 3.69. The number of nitriles is 1. The molecule has 0 unspecified atom stereocenters. The Kier molecular flexibility index (Phi) is 2.48. The van der Waals surface area contributed by atoms with Crippen LogP contribution in [0.25, 0.3) is 11.0 Å². The summed E-state index contributed by atoms with van der Waals surface area (Å²) in [5, 5.41) is 9.93. The van der Waals surface area contributed by atoms with Crippen molar-refractivity contribution in [2.24, 2.45) is 0 Å². The molecule has 0 aliphatic carbocycles. The Labute approximate surface area is 91.4 Å². The summed E-state index contributed by atoms with van der Waals surface area (Å²) in [4.78, 5) is 6.95. The lowest BCUT2D eigenvalue weighted by molar-refractivity contribution is 0.344. The molecule has 0 aliphatic heterocycles. The number of aromatic nitrogens is 2. The number of ether oxygens (including phenoxy) is 1. The number of fused-ring (bicyclic) bond motifs is 1. The number of pyridine rings is 1. The van der Waals surface area contributed by atoms with Gasteiger partial charge in [-0.15, -0.1) is 0 Å². The molecule has 0 radical (unpaired) electrons. The molecule has 0 atom stereocenters. The van der Waals surface area contributed by atoms with Crippen molar-refractivity contribution in [1.82, 2.24) is 9.97 Å². The molecule has 15 heavy (non-hydrogen) atoms. The third kappa shape index (κ3) is 1.62. The number of aromatic amines is 1. The van der Waals surface area contributed by atoms with Gasteiger partial charge in [-0.25, -0.2) is 4.98 Å². The minimum atomic E-state index is 0.345. The second-order valence-corrected chi connectivity index (χ2v) is 3.30. The summed E-state index contributed by atoms with van der Waals surface area (Å²) in [6.45, 7) is 2.39. The smallest absolute Gasteiger partial charge is 0.144 e. The first-order valence-corrected chi connectivity index (χ1v) is 4.84. The number of halogens is 1. The van der Waals surface area contributed by atoms with E-state index in [2.05, 4.69) is 16.0 Å². The first kappa shape index (κ1) is 9.81. The SMILES string of the molecule is CCOc1cc(Cl)nc2[nH]cc(C#N)c12. The van der Waals surface area contributed by atoms with Crippen molar-refractivity contribution < 1.29 is 4.74 Å². The fourth-order valence-electron chi connectivity index (χ4n) is 1.43. The van der Waals surface area contributed by atoms with Gasteiger partial charge in [0.2, 0.25) is 0 Å². The zero-order valence-electron chi connectivity index (χ0n) is 8.04. The van der Waals surface area contributed by atoms with Crippen molar-refractivity contribution in [1.29, 1.82) is 5.26 Å². The normalized spacial score (nSPS) is 10.2. The highest BCUT2D eigenvalue weighted by Gasteiger charge is 2.11. The fraction of sp³-hybridized carbons (Fsp3) is 0.200. The zero-order valence-corrected chi connectivity index (χ0v) is 8.80. The molecule has 2 aromatic rings. The first-order valence-electron chi connectivity index (χ1n) is 4.46. The van der Waals surface area contributed by atoms with Gasteiger partial charge in [0.25, 0.3) is 0 Å². The molecular formula is C10H8ClN3O. The van der Waals surface area contributed by atoms with Gasteiger partial charge in [-0.3, -0.25) is 0 Å². The van der Waals surface area contributed by atoms with Crippen LogP contribution in [-0.4, -0.2) is 16.6 Å². The van der Waals surface area contributed by atoms with Crippen LogP contribution < -0.4 is 4.74 Å². The minimum absolute atomic E-state index is 0.345. The highest BCUT2D eigenvalue weighted by Crippen LogP contribution is 2.29. The molecule has 0 bridgehead atoms. The van der Waals surface area contributed by atoms with Crippen LogP contribution in [0.3, 0.4) is 0 Å². The molecule has 76 valence electrons. The van der Waals surface area contributed by atoms with Crippen molar-refractivity contribution in [2.75, 3.05) is 6.61 Å². The Balaban J connectivity index is 2.74. The molecule has 2 rings (SSSR count). The van der Waals surface area contributed by atoms with Crippen molar-refractivity contribution in [2.45, 2.75) is 6.92 Å². The average Bonchev–Trinajstić information content (AvgIpc) is 2.61. The monoisotopic (exact) mass is 221 g/mol. The molecule has 0 saturated carbocycles. The summed E-state index contributed by atoms with van der Waals surface area (Å²) in [6.07, 6.45) is 1.59. The quantitative estimate of drug-likeness (QED) is 0.793. The van der Waals surface area contributed by atoms with E-state index >= 15 is 0 Å². The van der Waals surface area contributed by atoms with E-state index in [4.69, 9.17) is 21.6 Å². The molecular weight excluding hydrogens is 214 g/mol. The second kappa shape index (κ2) is 3.79. The van der Waals surface area contributed by atoms with E-state index in [-0.39, 0.29) is 0 Å². The van der Waals surface area contributed by atoms with Crippen LogP contribution in [0.4, 0.5) is 0 Å². The van der Waals surface area contributed by atoms with Gasteiger partial charge in [-0.1, -0.05) is 11.6 Å². The Morgan fingerprint density at radius 3 is 3.13 bits per heavy atom. The first-order chi connectivity index (χ1) is 7.26. The molecule has 0 spiro atoms. The maximum Gasteiger partial charge on any atom is 0.144 e. The molecule has 1 N–H and O–H groups in total. The molecule has 0 aromatic carbocycles. The summed E-state index contributed by atoms with van der Waals surface area (Å²) >= 11 is 5.82. The van der Waals surface area contributed by atoms with Gasteiger partial charge in [0, 0.05) is 12.3 Å². The van der Waals surface area contributed by atoms with E-state index in [0.29, 0.717) is 34.1 Å². The summed E-state index contributed by atoms with van der Waals surface area (Å²) in [5.41, 5.74) is 1.08. The fourth-order valence-corrected chi connectivity index (χ4v) is 1.61. The van der Waals surface area contributed by atoms with E-state index in [1.807, 2.05) is 6.92 Å². The largest absolute Gasteiger partial charge is 0.493 e. The van der Waals surface area contributed by atoms with Crippen molar-refractivity contribution in [3.05, 3.63) is 23.0 Å². The van der Waals surface area contributed by atoms with E-state index in [1.54, 1.807) is 12.3 Å². The Hall–Kier alpha value is -1.73. The van der Waals surface area contributed by atoms with E-state index in [9.17, 15) is 0 Å². The Morgan fingerprint density at radius 2 is 2.47 bits per heavy atom. The summed E-state index contributed by atoms with van der Waals surface area (Å²) < 4.78 is 5.41. The average molecular weight is 222 g/mol. The molecule has 4 nitrogen and oxygen atoms in total. The van der Waals surface area contributed by atoms with Crippen LogP contribution >= 0.6 is 11.6 Å². The van der Waals surface area contributed by atoms with Crippen LogP contribution in [0.15, 0.2) is 12.3 Å². The van der Waals surface area contributed by atoms with Gasteiger partial charge in [0.1, 0.15) is 22.6 Å². The van der Waals surface area contributed by atoms with Gasteiger partial charge in [0.05, 0.1) is 17.6 Å². The molecule has 0 amide bonds. The number of nitrogens with one attached hydrogen (secondary N) is 1. The second-order valence-electron chi connectivity index (χ2n) is 2.91. The molecule has 2 heterocycles. The number of H-pyrrole nitrogens is 1. The number of hydrogen-bond donors (Lipinski definition) is 1. The van der Waals surface area contributed by atoms with Gasteiger partial charge in [-0.05, 0) is 6.92 Å². The van der Waals surface area contributed by atoms with E-state index < -0.39 is 0 Å². The third-order valence-corrected chi connectivity index (χ3v) is 2.19. The van der Waals surface area contributed by atoms with Crippen LogP contribution in [0, 0.1) is 11.3 Å². The highest BCUT2D eigenvalue weighted by molar-refractivity contribution is 6.30. The highest BCUT2D eigenvalue weighted by atomic mass is 35.5. The number of nitrogens with zero attached hydrogens (tertiary/aromatic N) is 2. The zero-order chi connectivity index (χ0) is 10.8. The number of hydrogen-bond acceptors (Lipinski definition) is 3. The predicted molar refractivity (Wildman–Crippen MR) is 57.0 cm³/mol. The van der Waals surface area contributed by atoms with Crippen molar-refractivity contribution >= 4 is 22.6 Å². The van der Waals surface area contributed by atoms with Crippen LogP contribution in [0.1, 0.15) is 12.5 Å². The lowest BCUT2D eigenvalue weighted by Crippen LogP contribution is -1.93. The van der Waals surface area contributed by atoms with Gasteiger partial charge >= 0.3 is 0 Å². The lowest BCUT2D eigenvalue weighted by Gasteiger charge is -2.04. The van der Waals surface area contributed by atoms with Crippen LogP contribution in [0.5, 0.6) is 5.75 Å². The summed E-state index contributed by atoms with van der Waals surface area (Å²) in [5.74, 6) is 0.588. The van der Waals surface area contributed by atoms with Crippen molar-refractivity contribution in [3.8, 4) is 11.8 Å². The standard InChI is InChI=1S/C10H8ClN3O/c1-2-15-7-3-8(11)14-10-9(7)6(4-12)5-13-10/h3,5H,2H2,1H3,(H,13,14). The summed E-state index contributed by atoms with van der Waals surface area (Å²) in [7, 11) is 0. The molecule has 0 saturated heterocycles. The maximum atomic E-state index is 8.90. The molecule has 0 fully saturated rings. The lowest BCUT2D eigenvalue weighted by atomic mass is 10.2. The van der Waals surface area contributed by atoms with Crippen LogP contribution in [-0.2, 0) is 0 Å². The van der Waals surface area contributed by atoms with Gasteiger partial charge < -0.3 is 9.72 Å². The number of rotatable bonds is 2. The maximum absolute atomic E-state index is 8.90. The van der Waals surface area contributed by atoms with Crippen LogP contribution in [0.2, 0.25) is 5.15 Å². The third-order valence-electron chi connectivity index (χ3n) is 1.99. The Morgan fingerprint density at radius 1 is 1.67 bits per heavy atom.